The Bertz CT molecular complexity index is 400. The van der Waals surface area contributed by atoms with Crippen molar-refractivity contribution in [2.24, 2.45) is 0 Å². The predicted molar refractivity (Wildman–Crippen MR) is 65.7 cm³/mol. The average molecular weight is 288 g/mol. The van der Waals surface area contributed by atoms with Crippen molar-refractivity contribution in [1.29, 1.82) is 0 Å². The molecule has 0 spiro atoms. The van der Waals surface area contributed by atoms with Gasteiger partial charge in [-0.1, -0.05) is 13.8 Å². The van der Waals surface area contributed by atoms with Gasteiger partial charge in [0.1, 0.15) is 0 Å². The van der Waals surface area contributed by atoms with Crippen LogP contribution in [0.25, 0.3) is 0 Å². The van der Waals surface area contributed by atoms with Crippen LogP contribution in [0.2, 0.25) is 0 Å². The highest BCUT2D eigenvalue weighted by Gasteiger charge is 2.18. The van der Waals surface area contributed by atoms with E-state index < -0.39 is 25.2 Å². The molecule has 2 N–H and O–H groups in total. The van der Waals surface area contributed by atoms with Crippen LogP contribution in [-0.4, -0.2) is 57.6 Å². The molecule has 0 rings (SSSR count). The second-order valence-electron chi connectivity index (χ2n) is 3.59. The van der Waals surface area contributed by atoms with Crippen molar-refractivity contribution in [3.05, 3.63) is 0 Å². The minimum absolute atomic E-state index is 0.161. The molecule has 0 amide bonds. The summed E-state index contributed by atoms with van der Waals surface area (Å²) in [6, 6.07) is 0. The summed E-state index contributed by atoms with van der Waals surface area (Å²) in [6.07, 6.45) is 0.590. The van der Waals surface area contributed by atoms with Gasteiger partial charge in [0.25, 0.3) is 10.1 Å². The van der Waals surface area contributed by atoms with E-state index in [2.05, 4.69) is 9.62 Å². The van der Waals surface area contributed by atoms with Gasteiger partial charge in [0.2, 0.25) is 10.0 Å². The van der Waals surface area contributed by atoms with Gasteiger partial charge in [0.05, 0.1) is 0 Å². The zero-order valence-corrected chi connectivity index (χ0v) is 11.7. The molecule has 0 saturated heterocycles. The molecule has 0 atom stereocenters. The van der Waals surface area contributed by atoms with E-state index in [1.807, 2.05) is 13.8 Å². The van der Waals surface area contributed by atoms with Crippen LogP contribution in [0.1, 0.15) is 20.3 Å². The maximum absolute atomic E-state index is 11.2. The molecule has 7 nitrogen and oxygen atoms in total. The Balaban J connectivity index is 3.97. The van der Waals surface area contributed by atoms with Gasteiger partial charge >= 0.3 is 0 Å². The first-order chi connectivity index (χ1) is 7.70. The third-order valence-corrected chi connectivity index (χ3v) is 5.25. The van der Waals surface area contributed by atoms with E-state index in [9.17, 15) is 16.8 Å². The Hall–Kier alpha value is -0.220. The van der Waals surface area contributed by atoms with Crippen LogP contribution >= 0.6 is 0 Å². The third kappa shape index (κ3) is 9.48. The lowest BCUT2D eigenvalue weighted by molar-refractivity contribution is 0.300. The van der Waals surface area contributed by atoms with E-state index in [1.165, 1.54) is 0 Å². The maximum Gasteiger partial charge on any atom is 0.280 e. The third-order valence-electron chi connectivity index (χ3n) is 2.17. The van der Waals surface area contributed by atoms with Crippen molar-refractivity contribution in [2.45, 2.75) is 20.3 Å². The first-order valence-electron chi connectivity index (χ1n) is 5.35. The van der Waals surface area contributed by atoms with Crippen LogP contribution < -0.4 is 4.72 Å². The number of hydrogen-bond acceptors (Lipinski definition) is 5. The lowest BCUT2D eigenvalue weighted by atomic mass is 10.4. The average Bonchev–Trinajstić information content (AvgIpc) is 2.14. The van der Waals surface area contributed by atoms with E-state index in [0.29, 0.717) is 6.42 Å². The standard InChI is InChI=1S/C8H20N2O5S2/c1-3-10(4-2)7-5-6-9-16(11,12)8-17(13,14)15/h9H,3-8H2,1-2H3,(H,13,14,15). The van der Waals surface area contributed by atoms with Crippen LogP contribution in [0.15, 0.2) is 0 Å². The Morgan fingerprint density at radius 3 is 2.06 bits per heavy atom. The molecule has 0 aromatic rings. The second kappa shape index (κ2) is 7.27. The Morgan fingerprint density at radius 1 is 1.12 bits per heavy atom. The summed E-state index contributed by atoms with van der Waals surface area (Å²) in [6.45, 7) is 6.68. The van der Waals surface area contributed by atoms with E-state index in [0.717, 1.165) is 19.6 Å². The van der Waals surface area contributed by atoms with E-state index in [1.54, 1.807) is 0 Å². The Labute approximate surface area is 103 Å². The number of hydrogen-bond donors (Lipinski definition) is 2. The van der Waals surface area contributed by atoms with Crippen LogP contribution in [0.4, 0.5) is 0 Å². The fourth-order valence-electron chi connectivity index (χ4n) is 1.31. The van der Waals surface area contributed by atoms with Gasteiger partial charge < -0.3 is 4.90 Å². The fourth-order valence-corrected chi connectivity index (χ4v) is 3.67. The van der Waals surface area contributed by atoms with Crippen LogP contribution in [0, 0.1) is 0 Å². The fraction of sp³-hybridized carbons (Fsp3) is 1.00. The minimum atomic E-state index is -4.51. The van der Waals surface area contributed by atoms with Gasteiger partial charge in [-0.3, -0.25) is 4.55 Å². The first-order valence-corrected chi connectivity index (χ1v) is 8.61. The summed E-state index contributed by atoms with van der Waals surface area (Å²) in [5, 5.41) is -1.29. The van der Waals surface area contributed by atoms with E-state index >= 15 is 0 Å². The Morgan fingerprint density at radius 2 is 1.65 bits per heavy atom. The predicted octanol–water partition coefficient (Wildman–Crippen LogP) is -0.517. The van der Waals surface area contributed by atoms with Crippen molar-refractivity contribution < 1.29 is 21.4 Å². The first kappa shape index (κ1) is 16.8. The molecule has 0 aliphatic rings. The zero-order valence-electron chi connectivity index (χ0n) is 10.1. The lowest BCUT2D eigenvalue weighted by Crippen LogP contribution is -2.33. The molecule has 17 heavy (non-hydrogen) atoms. The molecule has 0 fully saturated rings. The van der Waals surface area contributed by atoms with Crippen LogP contribution in [0.3, 0.4) is 0 Å². The number of sulfonamides is 1. The molecule has 0 aliphatic heterocycles. The van der Waals surface area contributed by atoms with Crippen molar-refractivity contribution in [3.63, 3.8) is 0 Å². The molecule has 0 bridgehead atoms. The monoisotopic (exact) mass is 288 g/mol. The molecule has 0 aromatic heterocycles. The molecule has 0 aliphatic carbocycles. The van der Waals surface area contributed by atoms with Gasteiger partial charge in [0.15, 0.2) is 5.08 Å². The molecule has 104 valence electrons. The summed E-state index contributed by atoms with van der Waals surface area (Å²) in [7, 11) is -8.46. The minimum Gasteiger partial charge on any atom is -0.304 e. The largest absolute Gasteiger partial charge is 0.304 e. The van der Waals surface area contributed by atoms with Crippen molar-refractivity contribution >= 4 is 20.1 Å². The second-order valence-corrected chi connectivity index (χ2v) is 7.21. The summed E-state index contributed by atoms with van der Waals surface area (Å²) in [5.74, 6) is 0. The van der Waals surface area contributed by atoms with Gasteiger partial charge in [-0.25, -0.2) is 13.1 Å². The smallest absolute Gasteiger partial charge is 0.280 e. The molecule has 0 aromatic carbocycles. The molecule has 9 heteroatoms. The zero-order chi connectivity index (χ0) is 13.5. The van der Waals surface area contributed by atoms with Crippen molar-refractivity contribution in [3.8, 4) is 0 Å². The highest BCUT2D eigenvalue weighted by atomic mass is 32.3. The topological polar surface area (TPSA) is 104 Å². The van der Waals surface area contributed by atoms with Gasteiger partial charge in [-0.05, 0) is 26.1 Å². The summed E-state index contributed by atoms with van der Waals surface area (Å²) < 4.78 is 53.7. The summed E-state index contributed by atoms with van der Waals surface area (Å²) in [4.78, 5) is 2.12. The van der Waals surface area contributed by atoms with Crippen LogP contribution in [-0.2, 0) is 20.1 Å². The number of nitrogens with one attached hydrogen (secondary N) is 1. The molecule has 0 saturated carbocycles. The lowest BCUT2D eigenvalue weighted by Gasteiger charge is -2.17. The maximum atomic E-state index is 11.2. The van der Waals surface area contributed by atoms with E-state index in [-0.39, 0.29) is 6.54 Å². The van der Waals surface area contributed by atoms with Gasteiger partial charge in [-0.2, -0.15) is 8.42 Å². The van der Waals surface area contributed by atoms with Crippen molar-refractivity contribution in [1.82, 2.24) is 9.62 Å². The van der Waals surface area contributed by atoms with Gasteiger partial charge in [0, 0.05) is 6.54 Å². The number of nitrogens with zero attached hydrogens (tertiary/aromatic N) is 1. The highest BCUT2D eigenvalue weighted by Crippen LogP contribution is 1.94. The Kier molecular flexibility index (Phi) is 7.17. The molecule has 0 radical (unpaired) electrons. The van der Waals surface area contributed by atoms with E-state index in [4.69, 9.17) is 4.55 Å². The molecule has 0 heterocycles. The number of rotatable bonds is 9. The SMILES string of the molecule is CCN(CC)CCCNS(=O)(=O)CS(=O)(=O)O. The summed E-state index contributed by atoms with van der Waals surface area (Å²) >= 11 is 0. The molecular formula is C8H20N2O5S2. The normalized spacial score (nSPS) is 13.2. The van der Waals surface area contributed by atoms with Crippen LogP contribution in [0.5, 0.6) is 0 Å². The molecular weight excluding hydrogens is 268 g/mol. The highest BCUT2D eigenvalue weighted by molar-refractivity contribution is 8.04. The van der Waals surface area contributed by atoms with Gasteiger partial charge in [-0.15, -0.1) is 0 Å². The van der Waals surface area contributed by atoms with Crippen molar-refractivity contribution in [2.75, 3.05) is 31.3 Å². The summed E-state index contributed by atoms with van der Waals surface area (Å²) in [5.41, 5.74) is 0. The quantitative estimate of drug-likeness (QED) is 0.437. The molecule has 0 unspecified atom stereocenters.